The molecule has 5 nitrogen and oxygen atoms in total. The molecular weight excluding hydrogens is 292 g/mol. The number of nitro groups is 1. The molecule has 2 rings (SSSR count). The minimum Gasteiger partial charge on any atom is -0.280 e. The Morgan fingerprint density at radius 3 is 2.71 bits per heavy atom. The second kappa shape index (κ2) is 6.01. The van der Waals surface area contributed by atoms with Gasteiger partial charge in [0.15, 0.2) is 0 Å². The lowest BCUT2D eigenvalue weighted by Crippen LogP contribution is -2.32. The van der Waals surface area contributed by atoms with Crippen LogP contribution < -0.4 is 0 Å². The molecule has 0 aliphatic heterocycles. The number of carbonyl (C=O) groups is 1. The molecule has 0 saturated carbocycles. The van der Waals surface area contributed by atoms with E-state index in [1.807, 2.05) is 6.07 Å². The molecule has 1 aromatic heterocycles. The summed E-state index contributed by atoms with van der Waals surface area (Å²) in [5.74, 6) is 0. The Hall–Kier alpha value is -2.27. The van der Waals surface area contributed by atoms with E-state index in [9.17, 15) is 14.9 Å². The van der Waals surface area contributed by atoms with Gasteiger partial charge in [0.2, 0.25) is 5.24 Å². The van der Waals surface area contributed by atoms with Crippen molar-refractivity contribution >= 4 is 22.5 Å². The van der Waals surface area contributed by atoms with E-state index in [1.54, 1.807) is 37.5 Å². The molecule has 0 fully saturated rings. The predicted octanol–water partition coefficient (Wildman–Crippen LogP) is 3.26. The molecule has 108 valence electrons. The molecule has 0 radical (unpaired) electrons. The van der Waals surface area contributed by atoms with Crippen LogP contribution in [0.3, 0.4) is 0 Å². The first-order valence-corrected chi connectivity index (χ1v) is 6.65. The second-order valence-electron chi connectivity index (χ2n) is 4.95. The Kier molecular flexibility index (Phi) is 4.33. The van der Waals surface area contributed by atoms with Gasteiger partial charge in [-0.25, -0.2) is 0 Å². The van der Waals surface area contributed by atoms with Gasteiger partial charge in [0.1, 0.15) is 0 Å². The summed E-state index contributed by atoms with van der Waals surface area (Å²) in [7, 11) is 0. The van der Waals surface area contributed by atoms with Crippen LogP contribution in [0.5, 0.6) is 0 Å². The van der Waals surface area contributed by atoms with Crippen molar-refractivity contribution in [2.75, 3.05) is 0 Å². The zero-order valence-corrected chi connectivity index (χ0v) is 12.1. The van der Waals surface area contributed by atoms with Gasteiger partial charge in [-0.3, -0.25) is 19.9 Å². The molecule has 1 aromatic carbocycles. The molecule has 0 bridgehead atoms. The number of rotatable bonds is 5. The third-order valence-electron chi connectivity index (χ3n) is 3.41. The van der Waals surface area contributed by atoms with Crippen molar-refractivity contribution in [3.63, 3.8) is 0 Å². The number of hydrogen-bond acceptors (Lipinski definition) is 4. The summed E-state index contributed by atoms with van der Waals surface area (Å²) in [6, 6.07) is 9.59. The highest BCUT2D eigenvalue weighted by Crippen LogP contribution is 2.32. The Morgan fingerprint density at radius 2 is 2.14 bits per heavy atom. The van der Waals surface area contributed by atoms with Crippen molar-refractivity contribution < 1.29 is 9.72 Å². The van der Waals surface area contributed by atoms with Gasteiger partial charge in [-0.05, 0) is 42.1 Å². The molecule has 0 aliphatic carbocycles. The summed E-state index contributed by atoms with van der Waals surface area (Å²) >= 11 is 5.77. The van der Waals surface area contributed by atoms with Crippen molar-refractivity contribution in [1.82, 2.24) is 4.98 Å². The zero-order valence-electron chi connectivity index (χ0n) is 11.3. The summed E-state index contributed by atoms with van der Waals surface area (Å²) in [4.78, 5) is 26.3. The number of hydrogen-bond donors (Lipinski definition) is 0. The minimum absolute atomic E-state index is 0.0668. The number of halogens is 1. The van der Waals surface area contributed by atoms with E-state index in [-0.39, 0.29) is 5.69 Å². The fourth-order valence-corrected chi connectivity index (χ4v) is 2.33. The molecule has 6 heteroatoms. The van der Waals surface area contributed by atoms with Crippen molar-refractivity contribution in [2.24, 2.45) is 0 Å². The molecule has 21 heavy (non-hydrogen) atoms. The predicted molar refractivity (Wildman–Crippen MR) is 79.2 cm³/mol. The van der Waals surface area contributed by atoms with Gasteiger partial charge in [-0.2, -0.15) is 0 Å². The largest absolute Gasteiger partial charge is 0.280 e. The van der Waals surface area contributed by atoms with Crippen LogP contribution in [0.1, 0.15) is 18.1 Å². The number of pyridine rings is 1. The average Bonchev–Trinajstić information content (AvgIpc) is 2.48. The first kappa shape index (κ1) is 15.1. The van der Waals surface area contributed by atoms with Crippen molar-refractivity contribution in [1.29, 1.82) is 0 Å². The van der Waals surface area contributed by atoms with Crippen LogP contribution in [0.2, 0.25) is 0 Å². The van der Waals surface area contributed by atoms with Crippen LogP contribution in [-0.2, 0) is 16.6 Å². The molecule has 0 amide bonds. The van der Waals surface area contributed by atoms with Crippen molar-refractivity contribution in [2.45, 2.75) is 18.8 Å². The van der Waals surface area contributed by atoms with Gasteiger partial charge >= 0.3 is 0 Å². The van der Waals surface area contributed by atoms with Gasteiger partial charge in [0, 0.05) is 24.5 Å². The SMILES string of the molecule is CC(Cc1cccnc1)(C(=O)Cl)c1cccc([N+](=O)[O-])c1. The lowest BCUT2D eigenvalue weighted by atomic mass is 9.78. The van der Waals surface area contributed by atoms with Crippen LogP contribution in [0.25, 0.3) is 0 Å². The normalized spacial score (nSPS) is 13.4. The lowest BCUT2D eigenvalue weighted by Gasteiger charge is -2.25. The monoisotopic (exact) mass is 304 g/mol. The summed E-state index contributed by atoms with van der Waals surface area (Å²) in [6.07, 6.45) is 3.61. The molecule has 0 spiro atoms. The topological polar surface area (TPSA) is 73.1 Å². The maximum atomic E-state index is 11.9. The molecule has 1 unspecified atom stereocenters. The van der Waals surface area contributed by atoms with Crippen LogP contribution in [0.4, 0.5) is 5.69 Å². The second-order valence-corrected chi connectivity index (χ2v) is 5.29. The third-order valence-corrected chi connectivity index (χ3v) is 3.83. The van der Waals surface area contributed by atoms with Gasteiger partial charge < -0.3 is 0 Å². The van der Waals surface area contributed by atoms with E-state index in [0.717, 1.165) is 5.56 Å². The maximum absolute atomic E-state index is 11.9. The van der Waals surface area contributed by atoms with E-state index in [1.165, 1.54) is 12.1 Å². The number of benzene rings is 1. The van der Waals surface area contributed by atoms with E-state index < -0.39 is 15.6 Å². The smallest absolute Gasteiger partial charge is 0.269 e. The number of aromatic nitrogens is 1. The Morgan fingerprint density at radius 1 is 1.38 bits per heavy atom. The highest BCUT2D eigenvalue weighted by molar-refractivity contribution is 6.65. The van der Waals surface area contributed by atoms with Gasteiger partial charge in [0.25, 0.3) is 5.69 Å². The van der Waals surface area contributed by atoms with E-state index in [0.29, 0.717) is 12.0 Å². The summed E-state index contributed by atoms with van der Waals surface area (Å²) < 4.78 is 0. The Labute approximate surface area is 126 Å². The van der Waals surface area contributed by atoms with Crippen LogP contribution in [-0.4, -0.2) is 15.1 Å². The number of carbonyl (C=O) groups excluding carboxylic acids is 1. The average molecular weight is 305 g/mol. The van der Waals surface area contributed by atoms with Gasteiger partial charge in [-0.1, -0.05) is 18.2 Å². The summed E-state index contributed by atoms with van der Waals surface area (Å²) in [5.41, 5.74) is 0.236. The van der Waals surface area contributed by atoms with Crippen molar-refractivity contribution in [3.05, 3.63) is 70.0 Å². The molecule has 0 aliphatic rings. The summed E-state index contributed by atoms with van der Waals surface area (Å²) in [6.45, 7) is 1.67. The van der Waals surface area contributed by atoms with E-state index in [4.69, 9.17) is 11.6 Å². The first-order chi connectivity index (χ1) is 9.93. The lowest BCUT2D eigenvalue weighted by molar-refractivity contribution is -0.384. The number of nitro benzene ring substituents is 1. The van der Waals surface area contributed by atoms with Crippen molar-refractivity contribution in [3.8, 4) is 0 Å². The fraction of sp³-hybridized carbons (Fsp3) is 0.200. The molecule has 2 aromatic rings. The first-order valence-electron chi connectivity index (χ1n) is 6.27. The molecule has 0 N–H and O–H groups in total. The van der Waals surface area contributed by atoms with E-state index >= 15 is 0 Å². The Balaban J connectivity index is 2.45. The molecule has 1 heterocycles. The minimum atomic E-state index is -1.05. The fourth-order valence-electron chi connectivity index (χ4n) is 2.16. The quantitative estimate of drug-likeness (QED) is 0.483. The van der Waals surface area contributed by atoms with E-state index in [2.05, 4.69) is 4.98 Å². The van der Waals surface area contributed by atoms with Gasteiger partial charge in [-0.15, -0.1) is 0 Å². The van der Waals surface area contributed by atoms with Gasteiger partial charge in [0.05, 0.1) is 10.3 Å². The highest BCUT2D eigenvalue weighted by atomic mass is 35.5. The van der Waals surface area contributed by atoms with Crippen LogP contribution in [0.15, 0.2) is 48.8 Å². The summed E-state index contributed by atoms with van der Waals surface area (Å²) in [5, 5.41) is 10.3. The zero-order chi connectivity index (χ0) is 15.5. The standard InChI is InChI=1S/C15H13ClN2O3/c1-15(14(16)19,9-11-4-3-7-17-10-11)12-5-2-6-13(8-12)18(20)21/h2-8,10H,9H2,1H3. The molecule has 1 atom stereocenters. The van der Waals surface area contributed by atoms with Crippen LogP contribution >= 0.6 is 11.6 Å². The molecule has 0 saturated heterocycles. The number of nitrogens with zero attached hydrogens (tertiary/aromatic N) is 2. The van der Waals surface area contributed by atoms with Crippen LogP contribution in [0, 0.1) is 10.1 Å². The third kappa shape index (κ3) is 3.25. The molecular formula is C15H13ClN2O3. The number of non-ortho nitro benzene ring substituents is 1. The Bertz CT molecular complexity index is 676. The maximum Gasteiger partial charge on any atom is 0.269 e. The highest BCUT2D eigenvalue weighted by Gasteiger charge is 2.35.